The Bertz CT molecular complexity index is 402. The molecule has 1 aromatic carbocycles. The molecule has 1 unspecified atom stereocenters. The van der Waals surface area contributed by atoms with Gasteiger partial charge in [0.1, 0.15) is 23.3 Å². The maximum atomic E-state index is 13.3. The monoisotopic (exact) mass is 289 g/mol. The van der Waals surface area contributed by atoms with Crippen molar-refractivity contribution in [1.82, 2.24) is 5.32 Å². The molecule has 0 aliphatic heterocycles. The highest BCUT2D eigenvalue weighted by molar-refractivity contribution is 5.52. The van der Waals surface area contributed by atoms with E-state index in [1.54, 1.807) is 12.1 Å². The van der Waals surface area contributed by atoms with Gasteiger partial charge < -0.3 is 19.5 Å². The Morgan fingerprint density at radius 2 is 1.60 bits per heavy atom. The number of ether oxygens (including phenoxy) is 3. The van der Waals surface area contributed by atoms with Crippen LogP contribution >= 0.6 is 0 Å². The van der Waals surface area contributed by atoms with E-state index in [1.807, 2.05) is 6.92 Å². The van der Waals surface area contributed by atoms with Gasteiger partial charge in [-0.15, -0.1) is 0 Å². The number of hydrogen-bond acceptors (Lipinski definition) is 4. The highest BCUT2D eigenvalue weighted by Gasteiger charge is 2.29. The molecular formula is C14H21F2NO3. The molecular weight excluding hydrogens is 268 g/mol. The lowest BCUT2D eigenvalue weighted by Gasteiger charge is -2.23. The van der Waals surface area contributed by atoms with Crippen LogP contribution in [0.4, 0.5) is 8.78 Å². The summed E-state index contributed by atoms with van der Waals surface area (Å²) in [4.78, 5) is 0. The number of hydrogen-bond donors (Lipinski definition) is 1. The van der Waals surface area contributed by atoms with E-state index in [0.717, 1.165) is 6.42 Å². The van der Waals surface area contributed by atoms with E-state index in [1.165, 1.54) is 21.3 Å². The minimum atomic E-state index is -2.57. The molecule has 0 spiro atoms. The Morgan fingerprint density at radius 3 is 1.95 bits per heavy atom. The van der Waals surface area contributed by atoms with Crippen LogP contribution < -0.4 is 19.5 Å². The quantitative estimate of drug-likeness (QED) is 0.798. The number of methoxy groups -OCH3 is 3. The summed E-state index contributed by atoms with van der Waals surface area (Å²) in [6.07, 6.45) is -1.82. The highest BCUT2D eigenvalue weighted by atomic mass is 19.3. The van der Waals surface area contributed by atoms with Gasteiger partial charge in [0.05, 0.1) is 26.9 Å². The minimum Gasteiger partial charge on any atom is -0.496 e. The highest BCUT2D eigenvalue weighted by Crippen LogP contribution is 2.40. The zero-order valence-electron chi connectivity index (χ0n) is 12.2. The van der Waals surface area contributed by atoms with Crippen molar-refractivity contribution in [1.29, 1.82) is 0 Å². The van der Waals surface area contributed by atoms with Gasteiger partial charge in [-0.2, -0.15) is 0 Å². The Balaban J connectivity index is 3.29. The Hall–Kier alpha value is -1.56. The van der Waals surface area contributed by atoms with E-state index in [-0.39, 0.29) is 0 Å². The molecule has 0 aliphatic carbocycles. The van der Waals surface area contributed by atoms with E-state index in [0.29, 0.717) is 29.4 Å². The van der Waals surface area contributed by atoms with Gasteiger partial charge in [-0.3, -0.25) is 0 Å². The molecule has 0 bridgehead atoms. The predicted molar refractivity (Wildman–Crippen MR) is 73.1 cm³/mol. The molecule has 0 heterocycles. The molecule has 0 fully saturated rings. The molecule has 0 saturated heterocycles. The summed E-state index contributed by atoms with van der Waals surface area (Å²) in [6, 6.07) is 1.99. The van der Waals surface area contributed by atoms with Crippen LogP contribution in [-0.4, -0.2) is 34.3 Å². The maximum absolute atomic E-state index is 13.3. The third kappa shape index (κ3) is 3.72. The van der Waals surface area contributed by atoms with Gasteiger partial charge in [-0.05, 0) is 13.0 Å². The fourth-order valence-corrected chi connectivity index (χ4v) is 1.96. The fourth-order valence-electron chi connectivity index (χ4n) is 1.96. The Labute approximate surface area is 118 Å². The lowest BCUT2D eigenvalue weighted by Crippen LogP contribution is -2.28. The van der Waals surface area contributed by atoms with Crippen molar-refractivity contribution in [3.8, 4) is 17.2 Å². The molecule has 1 aromatic rings. The minimum absolute atomic E-state index is 0.305. The normalized spacial score (nSPS) is 12.3. The zero-order chi connectivity index (χ0) is 15.1. The third-order valence-corrected chi connectivity index (χ3v) is 2.93. The molecule has 6 heteroatoms. The van der Waals surface area contributed by atoms with Gasteiger partial charge >= 0.3 is 0 Å². The van der Waals surface area contributed by atoms with Crippen LogP contribution in [0.2, 0.25) is 0 Å². The standard InChI is InChI=1S/C14H21F2NO3/c1-5-6-17-13(14(15)16)12-10(19-3)7-9(18-2)8-11(12)20-4/h7-8,13-14,17H,5-6H2,1-4H3. The number of rotatable bonds is 8. The summed E-state index contributed by atoms with van der Waals surface area (Å²) < 4.78 is 42.2. The number of alkyl halides is 2. The van der Waals surface area contributed by atoms with Crippen molar-refractivity contribution in [2.45, 2.75) is 25.8 Å². The molecule has 0 saturated carbocycles. The molecule has 0 aromatic heterocycles. The largest absolute Gasteiger partial charge is 0.496 e. The van der Waals surface area contributed by atoms with Crippen LogP contribution in [0.25, 0.3) is 0 Å². The molecule has 0 amide bonds. The second kappa shape index (κ2) is 7.89. The van der Waals surface area contributed by atoms with E-state index in [2.05, 4.69) is 5.32 Å². The lowest BCUT2D eigenvalue weighted by molar-refractivity contribution is 0.0957. The first-order chi connectivity index (χ1) is 9.58. The van der Waals surface area contributed by atoms with E-state index < -0.39 is 12.5 Å². The average molecular weight is 289 g/mol. The third-order valence-electron chi connectivity index (χ3n) is 2.93. The van der Waals surface area contributed by atoms with E-state index in [4.69, 9.17) is 14.2 Å². The van der Waals surface area contributed by atoms with Gasteiger partial charge in [0.25, 0.3) is 6.43 Å². The number of halogens is 2. The molecule has 0 aliphatic rings. The number of benzene rings is 1. The second-order valence-corrected chi connectivity index (χ2v) is 4.21. The van der Waals surface area contributed by atoms with Crippen LogP contribution in [0.15, 0.2) is 12.1 Å². The molecule has 0 radical (unpaired) electrons. The molecule has 1 N–H and O–H groups in total. The van der Waals surface area contributed by atoms with E-state index >= 15 is 0 Å². The van der Waals surface area contributed by atoms with Crippen molar-refractivity contribution in [2.24, 2.45) is 0 Å². The van der Waals surface area contributed by atoms with Gasteiger partial charge in [0, 0.05) is 12.1 Å². The first-order valence-electron chi connectivity index (χ1n) is 6.40. The second-order valence-electron chi connectivity index (χ2n) is 4.21. The first-order valence-corrected chi connectivity index (χ1v) is 6.40. The summed E-state index contributed by atoms with van der Waals surface area (Å²) in [6.45, 7) is 2.39. The number of nitrogens with one attached hydrogen (secondary N) is 1. The summed E-state index contributed by atoms with van der Waals surface area (Å²) in [5, 5.41) is 2.82. The maximum Gasteiger partial charge on any atom is 0.258 e. The average Bonchev–Trinajstić information content (AvgIpc) is 2.46. The van der Waals surface area contributed by atoms with Crippen molar-refractivity contribution >= 4 is 0 Å². The zero-order valence-corrected chi connectivity index (χ0v) is 12.2. The Morgan fingerprint density at radius 1 is 1.05 bits per heavy atom. The van der Waals surface area contributed by atoms with Gasteiger partial charge in [-0.25, -0.2) is 8.78 Å². The fraction of sp³-hybridized carbons (Fsp3) is 0.571. The van der Waals surface area contributed by atoms with Gasteiger partial charge in [0.2, 0.25) is 0 Å². The van der Waals surface area contributed by atoms with Crippen LogP contribution in [0, 0.1) is 0 Å². The predicted octanol–water partition coefficient (Wildman–Crippen LogP) is 3.02. The topological polar surface area (TPSA) is 39.7 Å². The van der Waals surface area contributed by atoms with Gasteiger partial charge in [-0.1, -0.05) is 6.92 Å². The van der Waals surface area contributed by atoms with Crippen molar-refractivity contribution in [3.63, 3.8) is 0 Å². The summed E-state index contributed by atoms with van der Waals surface area (Å²) in [5.74, 6) is 1.12. The van der Waals surface area contributed by atoms with Gasteiger partial charge in [0.15, 0.2) is 0 Å². The molecule has 114 valence electrons. The smallest absolute Gasteiger partial charge is 0.258 e. The van der Waals surface area contributed by atoms with Crippen LogP contribution in [0.1, 0.15) is 24.9 Å². The Kier molecular flexibility index (Phi) is 6.51. The first kappa shape index (κ1) is 16.5. The summed E-state index contributed by atoms with van der Waals surface area (Å²) in [7, 11) is 4.36. The van der Waals surface area contributed by atoms with Crippen LogP contribution in [-0.2, 0) is 0 Å². The molecule has 1 atom stereocenters. The van der Waals surface area contributed by atoms with E-state index in [9.17, 15) is 8.78 Å². The SMILES string of the molecule is CCCNC(c1c(OC)cc(OC)cc1OC)C(F)F. The lowest BCUT2D eigenvalue weighted by atomic mass is 10.0. The van der Waals surface area contributed by atoms with Crippen molar-refractivity contribution < 1.29 is 23.0 Å². The summed E-state index contributed by atoms with van der Waals surface area (Å²) in [5.41, 5.74) is 0.305. The summed E-state index contributed by atoms with van der Waals surface area (Å²) >= 11 is 0. The van der Waals surface area contributed by atoms with Crippen LogP contribution in [0.3, 0.4) is 0 Å². The van der Waals surface area contributed by atoms with Crippen molar-refractivity contribution in [3.05, 3.63) is 17.7 Å². The molecule has 1 rings (SSSR count). The van der Waals surface area contributed by atoms with Crippen LogP contribution in [0.5, 0.6) is 17.2 Å². The molecule has 4 nitrogen and oxygen atoms in total. The van der Waals surface area contributed by atoms with Crippen molar-refractivity contribution in [2.75, 3.05) is 27.9 Å². The molecule has 20 heavy (non-hydrogen) atoms.